The molecule has 1 aromatic carbocycles. The number of aromatic nitrogens is 2. The minimum absolute atomic E-state index is 0.0560. The van der Waals surface area contributed by atoms with Gasteiger partial charge in [-0.25, -0.2) is 9.63 Å². The van der Waals surface area contributed by atoms with Crippen molar-refractivity contribution < 1.29 is 0 Å². The van der Waals surface area contributed by atoms with Gasteiger partial charge in [0.05, 0.1) is 11.0 Å². The number of H-pyrrole nitrogens is 1. The lowest BCUT2D eigenvalue weighted by atomic mass is 9.91. The second-order valence-electron chi connectivity index (χ2n) is 5.08. The summed E-state index contributed by atoms with van der Waals surface area (Å²) in [4.78, 5) is 17.8. The summed E-state index contributed by atoms with van der Waals surface area (Å²) in [6.45, 7) is 0. The normalized spacial score (nSPS) is 23.9. The van der Waals surface area contributed by atoms with E-state index in [1.807, 2.05) is 16.7 Å². The largest absolute Gasteiger partial charge is 0.326 e. The number of imidazole rings is 1. The topological polar surface area (TPSA) is 49.8 Å². The fourth-order valence-electron chi connectivity index (χ4n) is 2.90. The molecular weight excluding hydrogens is 285 g/mol. The van der Waals surface area contributed by atoms with Crippen LogP contribution in [0.15, 0.2) is 23.0 Å². The highest BCUT2D eigenvalue weighted by Crippen LogP contribution is 2.30. The van der Waals surface area contributed by atoms with Crippen molar-refractivity contribution in [3.63, 3.8) is 0 Å². The number of halogens is 2. The van der Waals surface area contributed by atoms with Gasteiger partial charge in [0.15, 0.2) is 0 Å². The predicted molar refractivity (Wildman–Crippen MR) is 77.9 cm³/mol. The van der Waals surface area contributed by atoms with E-state index < -0.39 is 0 Å². The van der Waals surface area contributed by atoms with E-state index in [-0.39, 0.29) is 11.7 Å². The summed E-state index contributed by atoms with van der Waals surface area (Å²) in [5.74, 6) is 0. The Morgan fingerprint density at radius 3 is 2.68 bits per heavy atom. The van der Waals surface area contributed by atoms with Crippen molar-refractivity contribution in [2.24, 2.45) is 0 Å². The first-order valence-corrected chi connectivity index (χ1v) is 7.20. The van der Waals surface area contributed by atoms with Gasteiger partial charge in [-0.1, -0.05) is 11.6 Å². The first-order valence-electron chi connectivity index (χ1n) is 6.45. The van der Waals surface area contributed by atoms with E-state index in [2.05, 4.69) is 9.82 Å². The molecule has 0 amide bonds. The lowest BCUT2D eigenvalue weighted by Gasteiger charge is -2.28. The molecule has 2 N–H and O–H groups in total. The first-order chi connectivity index (χ1) is 9.19. The molecule has 0 spiro atoms. The molecule has 4 nitrogen and oxygen atoms in total. The van der Waals surface area contributed by atoms with Gasteiger partial charge < -0.3 is 4.98 Å². The third-order valence-electron chi connectivity index (χ3n) is 3.90. The Kier molecular flexibility index (Phi) is 3.56. The molecule has 0 atom stereocenters. The van der Waals surface area contributed by atoms with Crippen molar-refractivity contribution in [3.8, 4) is 0 Å². The first kappa shape index (κ1) is 13.0. The lowest BCUT2D eigenvalue weighted by Crippen LogP contribution is -2.31. The number of hydrogen-bond acceptors (Lipinski definition) is 2. The average Bonchev–Trinajstić information content (AvgIpc) is 2.74. The summed E-state index contributed by atoms with van der Waals surface area (Å²) in [6.07, 6.45) is 3.86. The highest BCUT2D eigenvalue weighted by atomic mass is 35.5. The molecule has 3 rings (SSSR count). The molecule has 1 fully saturated rings. The van der Waals surface area contributed by atoms with Gasteiger partial charge in [-0.05, 0) is 55.7 Å². The van der Waals surface area contributed by atoms with E-state index in [4.69, 9.17) is 23.4 Å². The van der Waals surface area contributed by atoms with Gasteiger partial charge in [-0.3, -0.25) is 4.57 Å². The van der Waals surface area contributed by atoms with Crippen LogP contribution in [0.25, 0.3) is 11.0 Å². The Morgan fingerprint density at radius 1 is 1.26 bits per heavy atom. The predicted octanol–water partition coefficient (Wildman–Crippen LogP) is 3.21. The van der Waals surface area contributed by atoms with Crippen LogP contribution in [0.3, 0.4) is 0 Å². The molecule has 0 unspecified atom stereocenters. The number of rotatable bonds is 2. The monoisotopic (exact) mass is 299 g/mol. The minimum atomic E-state index is -0.0560. The van der Waals surface area contributed by atoms with Gasteiger partial charge in [0.2, 0.25) is 0 Å². The maximum atomic E-state index is 12.1. The van der Waals surface area contributed by atoms with E-state index in [1.165, 1.54) is 0 Å². The van der Waals surface area contributed by atoms with Gasteiger partial charge in [-0.15, -0.1) is 0 Å². The average molecular weight is 300 g/mol. The van der Waals surface area contributed by atoms with Crippen LogP contribution < -0.4 is 10.5 Å². The number of benzene rings is 1. The SMILES string of the molecule is O=c1[nH]c2ccc(Cl)cc2n1[C@H]1CC[C@H](NCl)CC1. The van der Waals surface area contributed by atoms with Crippen molar-refractivity contribution >= 4 is 34.4 Å². The fraction of sp³-hybridized carbons (Fsp3) is 0.462. The van der Waals surface area contributed by atoms with Crippen LogP contribution in [0.5, 0.6) is 0 Å². The van der Waals surface area contributed by atoms with E-state index >= 15 is 0 Å². The van der Waals surface area contributed by atoms with Crippen molar-refractivity contribution in [2.75, 3.05) is 0 Å². The van der Waals surface area contributed by atoms with Gasteiger partial charge in [-0.2, -0.15) is 0 Å². The second kappa shape index (κ2) is 5.19. The van der Waals surface area contributed by atoms with Gasteiger partial charge >= 0.3 is 5.69 Å². The van der Waals surface area contributed by atoms with Crippen molar-refractivity contribution in [2.45, 2.75) is 37.8 Å². The molecule has 6 heteroatoms. The Morgan fingerprint density at radius 2 is 2.00 bits per heavy atom. The quantitative estimate of drug-likeness (QED) is 0.837. The van der Waals surface area contributed by atoms with Crippen LogP contribution in [0.1, 0.15) is 31.7 Å². The van der Waals surface area contributed by atoms with Crippen LogP contribution in [0.4, 0.5) is 0 Å². The van der Waals surface area contributed by atoms with E-state index in [0.717, 1.165) is 36.7 Å². The molecular formula is C13H15Cl2N3O. The van der Waals surface area contributed by atoms with Crippen LogP contribution >= 0.6 is 23.4 Å². The summed E-state index contributed by atoms with van der Waals surface area (Å²) in [6, 6.07) is 6.06. The third-order valence-corrected chi connectivity index (χ3v) is 4.44. The molecule has 1 aliphatic rings. The standard InChI is InChI=1S/C13H15Cl2N3O/c14-8-1-6-11-12(7-8)18(13(19)16-11)10-4-2-9(17-15)3-5-10/h1,6-7,9-10,17H,2-5H2,(H,16,19)/t9-,10-. The molecule has 1 saturated carbocycles. The third kappa shape index (κ3) is 2.40. The Hall–Kier alpha value is -0.970. The number of hydrogen-bond donors (Lipinski definition) is 2. The zero-order chi connectivity index (χ0) is 13.4. The van der Waals surface area contributed by atoms with Crippen LogP contribution in [-0.4, -0.2) is 15.6 Å². The zero-order valence-electron chi connectivity index (χ0n) is 10.3. The Labute approximate surface area is 120 Å². The summed E-state index contributed by atoms with van der Waals surface area (Å²) in [5, 5.41) is 0.649. The maximum absolute atomic E-state index is 12.1. The van der Waals surface area contributed by atoms with Gasteiger partial charge in [0, 0.05) is 17.1 Å². The number of fused-ring (bicyclic) bond motifs is 1. The van der Waals surface area contributed by atoms with E-state index in [0.29, 0.717) is 11.1 Å². The summed E-state index contributed by atoms with van der Waals surface area (Å²) >= 11 is 11.7. The minimum Gasteiger partial charge on any atom is -0.306 e. The highest BCUT2D eigenvalue weighted by molar-refractivity contribution is 6.31. The highest BCUT2D eigenvalue weighted by Gasteiger charge is 2.24. The molecule has 0 radical (unpaired) electrons. The summed E-state index contributed by atoms with van der Waals surface area (Å²) < 4.78 is 1.84. The lowest BCUT2D eigenvalue weighted by molar-refractivity contribution is 0.314. The maximum Gasteiger partial charge on any atom is 0.326 e. The summed E-state index contributed by atoms with van der Waals surface area (Å²) in [5.41, 5.74) is 1.67. The fourth-order valence-corrected chi connectivity index (χ4v) is 3.28. The molecule has 19 heavy (non-hydrogen) atoms. The smallest absolute Gasteiger partial charge is 0.306 e. The Bertz CT molecular complexity index is 641. The van der Waals surface area contributed by atoms with E-state index in [9.17, 15) is 4.79 Å². The molecule has 0 aliphatic heterocycles. The van der Waals surface area contributed by atoms with Crippen LogP contribution in [-0.2, 0) is 0 Å². The van der Waals surface area contributed by atoms with Crippen LogP contribution in [0, 0.1) is 0 Å². The zero-order valence-corrected chi connectivity index (χ0v) is 11.8. The number of aromatic amines is 1. The van der Waals surface area contributed by atoms with Crippen molar-refractivity contribution in [1.29, 1.82) is 0 Å². The molecule has 2 aromatic rings. The van der Waals surface area contributed by atoms with E-state index in [1.54, 1.807) is 6.07 Å². The molecule has 0 bridgehead atoms. The van der Waals surface area contributed by atoms with Crippen LogP contribution in [0.2, 0.25) is 5.02 Å². The Balaban J connectivity index is 1.98. The van der Waals surface area contributed by atoms with Gasteiger partial charge in [0.25, 0.3) is 0 Å². The molecule has 1 aliphatic carbocycles. The number of nitrogens with one attached hydrogen (secondary N) is 2. The van der Waals surface area contributed by atoms with Crippen molar-refractivity contribution in [1.82, 2.24) is 14.4 Å². The molecule has 0 saturated heterocycles. The van der Waals surface area contributed by atoms with Crippen molar-refractivity contribution in [3.05, 3.63) is 33.7 Å². The summed E-state index contributed by atoms with van der Waals surface area (Å²) in [7, 11) is 0. The molecule has 102 valence electrons. The second-order valence-corrected chi connectivity index (χ2v) is 5.73. The molecule has 1 aromatic heterocycles. The molecule has 1 heterocycles. The van der Waals surface area contributed by atoms with Gasteiger partial charge in [0.1, 0.15) is 0 Å². The number of nitrogens with zero attached hydrogens (tertiary/aromatic N) is 1.